The Bertz CT molecular complexity index is 460. The Kier molecular flexibility index (Phi) is 5.74. The van der Waals surface area contributed by atoms with Gasteiger partial charge in [-0.05, 0) is 48.8 Å². The number of rotatable bonds is 6. The Balaban J connectivity index is 1.83. The van der Waals surface area contributed by atoms with Crippen LogP contribution in [-0.4, -0.2) is 35.6 Å². The van der Waals surface area contributed by atoms with Gasteiger partial charge < -0.3 is 10.0 Å². The van der Waals surface area contributed by atoms with Crippen molar-refractivity contribution in [2.24, 2.45) is 5.92 Å². The number of carbonyl (C=O) groups excluding carboxylic acids is 1. The lowest BCUT2D eigenvalue weighted by atomic mass is 9.97. The second kappa shape index (κ2) is 7.55. The molecule has 1 amide bonds. The summed E-state index contributed by atoms with van der Waals surface area (Å²) in [6.07, 6.45) is 3.32. The van der Waals surface area contributed by atoms with Crippen molar-refractivity contribution in [3.05, 3.63) is 35.6 Å². The van der Waals surface area contributed by atoms with Crippen molar-refractivity contribution in [2.45, 2.75) is 38.5 Å². The fourth-order valence-electron chi connectivity index (χ4n) is 2.97. The molecule has 1 aromatic rings. The molecule has 116 valence electrons. The van der Waals surface area contributed by atoms with E-state index in [2.05, 4.69) is 0 Å². The predicted octanol–water partition coefficient (Wildman–Crippen LogP) is 2.94. The molecule has 2 rings (SSSR count). The first-order valence-corrected chi connectivity index (χ1v) is 7.74. The highest BCUT2D eigenvalue weighted by atomic mass is 19.1. The average molecular weight is 293 g/mol. The van der Waals surface area contributed by atoms with Crippen LogP contribution in [0.5, 0.6) is 0 Å². The maximum atomic E-state index is 12.9. The van der Waals surface area contributed by atoms with Gasteiger partial charge in [0.05, 0.1) is 0 Å². The van der Waals surface area contributed by atoms with Crippen LogP contribution in [0.4, 0.5) is 4.39 Å². The molecular formula is C17H24FNO2. The summed E-state index contributed by atoms with van der Waals surface area (Å²) in [6.45, 7) is 3.87. The Labute approximate surface area is 125 Å². The molecule has 1 aliphatic rings. The third kappa shape index (κ3) is 4.53. The molecule has 1 aromatic carbocycles. The molecule has 0 bridgehead atoms. The summed E-state index contributed by atoms with van der Waals surface area (Å²) in [7, 11) is 0. The van der Waals surface area contributed by atoms with Gasteiger partial charge in [0, 0.05) is 26.1 Å². The standard InChI is InChI=1S/C17H24FNO2/c1-13(15-4-6-16(18)7-5-15)11-17(21)19-9-8-14(12-19)3-2-10-20/h4-7,13-14,20H,2-3,8-12H2,1H3/t13-,14+/m0/s1. The zero-order valence-corrected chi connectivity index (χ0v) is 12.6. The van der Waals surface area contributed by atoms with Gasteiger partial charge in [0.1, 0.15) is 5.82 Å². The first kappa shape index (κ1) is 16.0. The highest BCUT2D eigenvalue weighted by molar-refractivity contribution is 5.77. The molecule has 3 nitrogen and oxygen atoms in total. The molecule has 1 N–H and O–H groups in total. The van der Waals surface area contributed by atoms with E-state index in [4.69, 9.17) is 5.11 Å². The van der Waals surface area contributed by atoms with Crippen molar-refractivity contribution in [1.82, 2.24) is 4.90 Å². The predicted molar refractivity (Wildman–Crippen MR) is 80.4 cm³/mol. The van der Waals surface area contributed by atoms with Gasteiger partial charge in [-0.15, -0.1) is 0 Å². The highest BCUT2D eigenvalue weighted by Gasteiger charge is 2.26. The third-order valence-electron chi connectivity index (χ3n) is 4.33. The van der Waals surface area contributed by atoms with Crippen molar-refractivity contribution in [2.75, 3.05) is 19.7 Å². The minimum atomic E-state index is -0.247. The summed E-state index contributed by atoms with van der Waals surface area (Å²) in [6, 6.07) is 6.39. The van der Waals surface area contributed by atoms with Crippen LogP contribution in [0.15, 0.2) is 24.3 Å². The molecule has 0 aliphatic carbocycles. The van der Waals surface area contributed by atoms with Gasteiger partial charge in [0.2, 0.25) is 5.91 Å². The van der Waals surface area contributed by atoms with E-state index in [1.54, 1.807) is 12.1 Å². The van der Waals surface area contributed by atoms with Crippen LogP contribution in [0.25, 0.3) is 0 Å². The summed E-state index contributed by atoms with van der Waals surface area (Å²) in [5.74, 6) is 0.568. The molecule has 0 radical (unpaired) electrons. The third-order valence-corrected chi connectivity index (χ3v) is 4.33. The number of nitrogens with zero attached hydrogens (tertiary/aromatic N) is 1. The highest BCUT2D eigenvalue weighted by Crippen LogP contribution is 2.25. The first-order valence-electron chi connectivity index (χ1n) is 7.74. The number of aliphatic hydroxyl groups is 1. The summed E-state index contributed by atoms with van der Waals surface area (Å²) in [5.41, 5.74) is 1.00. The van der Waals surface area contributed by atoms with E-state index in [-0.39, 0.29) is 24.2 Å². The smallest absolute Gasteiger partial charge is 0.223 e. The van der Waals surface area contributed by atoms with E-state index >= 15 is 0 Å². The Hall–Kier alpha value is -1.42. The van der Waals surface area contributed by atoms with Gasteiger partial charge in [-0.3, -0.25) is 4.79 Å². The Morgan fingerprint density at radius 2 is 2.14 bits per heavy atom. The number of benzene rings is 1. The lowest BCUT2D eigenvalue weighted by Gasteiger charge is -2.19. The molecule has 1 heterocycles. The number of hydrogen-bond acceptors (Lipinski definition) is 2. The van der Waals surface area contributed by atoms with Crippen LogP contribution in [0.3, 0.4) is 0 Å². The Morgan fingerprint density at radius 3 is 2.81 bits per heavy atom. The number of halogens is 1. The van der Waals surface area contributed by atoms with Gasteiger partial charge in [0.15, 0.2) is 0 Å². The van der Waals surface area contributed by atoms with Crippen LogP contribution < -0.4 is 0 Å². The van der Waals surface area contributed by atoms with Crippen molar-refractivity contribution < 1.29 is 14.3 Å². The van der Waals surface area contributed by atoms with E-state index in [9.17, 15) is 9.18 Å². The minimum absolute atomic E-state index is 0.106. The molecule has 0 unspecified atom stereocenters. The number of amides is 1. The molecular weight excluding hydrogens is 269 g/mol. The van der Waals surface area contributed by atoms with Gasteiger partial charge >= 0.3 is 0 Å². The zero-order chi connectivity index (χ0) is 15.2. The van der Waals surface area contributed by atoms with E-state index in [0.717, 1.165) is 37.9 Å². The van der Waals surface area contributed by atoms with Crippen LogP contribution in [0.2, 0.25) is 0 Å². The maximum Gasteiger partial charge on any atom is 0.223 e. The van der Waals surface area contributed by atoms with Crippen LogP contribution in [0, 0.1) is 11.7 Å². The van der Waals surface area contributed by atoms with Gasteiger partial charge in [-0.2, -0.15) is 0 Å². The SMILES string of the molecule is C[C@@H](CC(=O)N1CC[C@@H](CCCO)C1)c1ccc(F)cc1. The van der Waals surface area contributed by atoms with Gasteiger partial charge in [-0.1, -0.05) is 19.1 Å². The Morgan fingerprint density at radius 1 is 1.43 bits per heavy atom. The van der Waals surface area contributed by atoms with Crippen molar-refractivity contribution in [3.63, 3.8) is 0 Å². The molecule has 4 heteroatoms. The maximum absolute atomic E-state index is 12.9. The summed E-state index contributed by atoms with van der Waals surface area (Å²) >= 11 is 0. The quantitative estimate of drug-likeness (QED) is 0.876. The molecule has 0 aromatic heterocycles. The summed E-state index contributed by atoms with van der Waals surface area (Å²) in [4.78, 5) is 14.3. The molecule has 1 saturated heterocycles. The lowest BCUT2D eigenvalue weighted by Crippen LogP contribution is -2.29. The van der Waals surface area contributed by atoms with Crippen molar-refractivity contribution in [3.8, 4) is 0 Å². The summed E-state index contributed by atoms with van der Waals surface area (Å²) in [5, 5.41) is 8.86. The van der Waals surface area contributed by atoms with Crippen LogP contribution in [-0.2, 0) is 4.79 Å². The van der Waals surface area contributed by atoms with Gasteiger partial charge in [0.25, 0.3) is 0 Å². The molecule has 2 atom stereocenters. The van der Waals surface area contributed by atoms with Crippen molar-refractivity contribution in [1.29, 1.82) is 0 Å². The normalized spacial score (nSPS) is 19.8. The number of hydrogen-bond donors (Lipinski definition) is 1. The largest absolute Gasteiger partial charge is 0.396 e. The fourth-order valence-corrected chi connectivity index (χ4v) is 2.97. The second-order valence-corrected chi connectivity index (χ2v) is 6.02. The molecule has 1 fully saturated rings. The number of likely N-dealkylation sites (tertiary alicyclic amines) is 1. The fraction of sp³-hybridized carbons (Fsp3) is 0.588. The van der Waals surface area contributed by atoms with E-state index < -0.39 is 0 Å². The molecule has 0 spiro atoms. The lowest BCUT2D eigenvalue weighted by molar-refractivity contribution is -0.130. The average Bonchev–Trinajstić information content (AvgIpc) is 2.94. The molecule has 0 saturated carbocycles. The zero-order valence-electron chi connectivity index (χ0n) is 12.6. The van der Waals surface area contributed by atoms with Crippen LogP contribution >= 0.6 is 0 Å². The van der Waals surface area contributed by atoms with Gasteiger partial charge in [-0.25, -0.2) is 4.39 Å². The van der Waals surface area contributed by atoms with Crippen LogP contribution in [0.1, 0.15) is 44.1 Å². The first-order chi connectivity index (χ1) is 10.1. The monoisotopic (exact) mass is 293 g/mol. The molecule has 1 aliphatic heterocycles. The number of carbonyl (C=O) groups is 1. The topological polar surface area (TPSA) is 40.5 Å². The minimum Gasteiger partial charge on any atom is -0.396 e. The second-order valence-electron chi connectivity index (χ2n) is 6.02. The van der Waals surface area contributed by atoms with E-state index in [1.165, 1.54) is 12.1 Å². The van der Waals surface area contributed by atoms with E-state index in [1.807, 2.05) is 11.8 Å². The van der Waals surface area contributed by atoms with Crippen molar-refractivity contribution >= 4 is 5.91 Å². The molecule has 21 heavy (non-hydrogen) atoms. The number of aliphatic hydroxyl groups excluding tert-OH is 1. The van der Waals surface area contributed by atoms with E-state index in [0.29, 0.717) is 12.3 Å². The summed E-state index contributed by atoms with van der Waals surface area (Å²) < 4.78 is 12.9.